The molecule has 2 atom stereocenters. The zero-order valence-electron chi connectivity index (χ0n) is 16.2. The van der Waals surface area contributed by atoms with Gasteiger partial charge < -0.3 is 4.43 Å². The van der Waals surface area contributed by atoms with Gasteiger partial charge in [-0.2, -0.15) is 0 Å². The Morgan fingerprint density at radius 1 is 1.09 bits per heavy atom. The van der Waals surface area contributed by atoms with Crippen LogP contribution < -0.4 is 0 Å². The van der Waals surface area contributed by atoms with Crippen molar-refractivity contribution in [2.24, 2.45) is 5.41 Å². The van der Waals surface area contributed by atoms with Crippen molar-refractivity contribution in [3.63, 3.8) is 0 Å². The van der Waals surface area contributed by atoms with Crippen LogP contribution in [0.3, 0.4) is 0 Å². The van der Waals surface area contributed by atoms with Crippen LogP contribution in [0.15, 0.2) is 11.6 Å². The molecule has 1 saturated carbocycles. The van der Waals surface area contributed by atoms with E-state index in [1.54, 1.807) is 0 Å². The molecule has 0 radical (unpaired) electrons. The highest BCUT2D eigenvalue weighted by molar-refractivity contribution is 6.77. The summed E-state index contributed by atoms with van der Waals surface area (Å²) in [5.41, 5.74) is 3.30. The molecular formula is C20H36O2Si. The van der Waals surface area contributed by atoms with Crippen molar-refractivity contribution < 1.29 is 9.22 Å². The van der Waals surface area contributed by atoms with Crippen LogP contribution >= 0.6 is 0 Å². The van der Waals surface area contributed by atoms with Crippen molar-refractivity contribution in [2.45, 2.75) is 103 Å². The fourth-order valence-electron chi connectivity index (χ4n) is 5.34. The van der Waals surface area contributed by atoms with Crippen molar-refractivity contribution in [3.8, 4) is 0 Å². The fourth-order valence-corrected chi connectivity index (χ4v) is 11.0. The number of hydrogen-bond acceptors (Lipinski definition) is 2. The minimum atomic E-state index is -1.87. The molecule has 2 rings (SSSR count). The van der Waals surface area contributed by atoms with E-state index in [0.717, 1.165) is 25.7 Å². The van der Waals surface area contributed by atoms with Crippen LogP contribution in [-0.4, -0.2) is 20.2 Å². The summed E-state index contributed by atoms with van der Waals surface area (Å²) < 4.78 is 7.16. The first-order valence-corrected chi connectivity index (χ1v) is 11.7. The first-order valence-electron chi connectivity index (χ1n) is 9.56. The largest absolute Gasteiger partial charge is 0.412 e. The van der Waals surface area contributed by atoms with Gasteiger partial charge in [-0.1, -0.05) is 54.0 Å². The Labute approximate surface area is 144 Å². The van der Waals surface area contributed by atoms with Crippen molar-refractivity contribution >= 4 is 14.1 Å². The molecule has 0 aromatic carbocycles. The van der Waals surface area contributed by atoms with Gasteiger partial charge in [-0.15, -0.1) is 0 Å². The predicted molar refractivity (Wildman–Crippen MR) is 100 cm³/mol. The number of rotatable bonds is 5. The maximum atomic E-state index is 11.9. The van der Waals surface area contributed by atoms with Gasteiger partial charge in [-0.25, -0.2) is 0 Å². The van der Waals surface area contributed by atoms with Gasteiger partial charge in [0.05, 0.1) is 6.10 Å². The van der Waals surface area contributed by atoms with Gasteiger partial charge in [0, 0.05) is 11.8 Å². The fraction of sp³-hybridized carbons (Fsp3) is 0.850. The second-order valence-electron chi connectivity index (χ2n) is 8.87. The van der Waals surface area contributed by atoms with Gasteiger partial charge in [-0.05, 0) is 48.4 Å². The Morgan fingerprint density at radius 3 is 2.17 bits per heavy atom. The first kappa shape index (κ1) is 18.9. The zero-order valence-corrected chi connectivity index (χ0v) is 17.2. The summed E-state index contributed by atoms with van der Waals surface area (Å²) in [7, 11) is -1.87. The standard InChI is InChI=1S/C20H36O2Si/c1-14(2)23(15(3)4,16(5)6)22-19-10-8-9-17-13-18(21)11-12-20(17,19)7/h13-16,19H,8-12H2,1-7H3. The van der Waals surface area contributed by atoms with Crippen molar-refractivity contribution in [2.75, 3.05) is 0 Å². The molecule has 23 heavy (non-hydrogen) atoms. The molecule has 132 valence electrons. The third kappa shape index (κ3) is 3.24. The molecule has 1 fully saturated rings. The van der Waals surface area contributed by atoms with Crippen LogP contribution in [0.25, 0.3) is 0 Å². The third-order valence-corrected chi connectivity index (χ3v) is 12.7. The van der Waals surface area contributed by atoms with E-state index in [-0.39, 0.29) is 5.41 Å². The van der Waals surface area contributed by atoms with Crippen LogP contribution in [0.4, 0.5) is 0 Å². The Bertz CT molecular complexity index is 456. The van der Waals surface area contributed by atoms with E-state index in [2.05, 4.69) is 48.5 Å². The molecule has 3 heteroatoms. The Balaban J connectivity index is 2.36. The summed E-state index contributed by atoms with van der Waals surface area (Å²) in [5.74, 6) is 0.318. The number of ketones is 1. The SMILES string of the molecule is CC(C)[Si](OC1CCCC2=CC(=O)CCC21C)(C(C)C)C(C)C. The number of allylic oxidation sites excluding steroid dienone is 1. The zero-order chi connectivity index (χ0) is 17.4. The summed E-state index contributed by atoms with van der Waals surface area (Å²) in [6.45, 7) is 16.5. The quantitative estimate of drug-likeness (QED) is 0.573. The van der Waals surface area contributed by atoms with Crippen LogP contribution in [0, 0.1) is 5.41 Å². The van der Waals surface area contributed by atoms with Crippen molar-refractivity contribution in [3.05, 3.63) is 11.6 Å². The topological polar surface area (TPSA) is 26.3 Å². The van der Waals surface area contributed by atoms with E-state index in [4.69, 9.17) is 4.43 Å². The minimum Gasteiger partial charge on any atom is -0.412 e. The van der Waals surface area contributed by atoms with E-state index >= 15 is 0 Å². The molecule has 2 aliphatic carbocycles. The van der Waals surface area contributed by atoms with Crippen molar-refractivity contribution in [1.29, 1.82) is 0 Å². The molecule has 0 N–H and O–H groups in total. The molecule has 0 aromatic heterocycles. The van der Waals surface area contributed by atoms with Gasteiger partial charge in [0.25, 0.3) is 0 Å². The highest BCUT2D eigenvalue weighted by Gasteiger charge is 2.51. The summed E-state index contributed by atoms with van der Waals surface area (Å²) >= 11 is 0. The Hall–Kier alpha value is -0.413. The molecule has 0 aliphatic heterocycles. The maximum absolute atomic E-state index is 11.9. The number of fused-ring (bicyclic) bond motifs is 1. The highest BCUT2D eigenvalue weighted by Crippen LogP contribution is 2.52. The molecule has 0 spiro atoms. The van der Waals surface area contributed by atoms with Gasteiger partial charge in [0.15, 0.2) is 5.78 Å². The maximum Gasteiger partial charge on any atom is 0.200 e. The lowest BCUT2D eigenvalue weighted by Crippen LogP contribution is -2.54. The Kier molecular flexibility index (Phi) is 5.62. The third-order valence-electron chi connectivity index (χ3n) is 6.64. The summed E-state index contributed by atoms with van der Waals surface area (Å²) in [6, 6.07) is 0. The average molecular weight is 337 g/mol. The molecule has 2 aliphatic rings. The molecule has 0 aromatic rings. The molecular weight excluding hydrogens is 300 g/mol. The lowest BCUT2D eigenvalue weighted by Gasteiger charge is -2.52. The van der Waals surface area contributed by atoms with E-state index in [0.29, 0.717) is 34.9 Å². The van der Waals surface area contributed by atoms with E-state index in [9.17, 15) is 4.79 Å². The lowest BCUT2D eigenvalue weighted by atomic mass is 9.64. The molecule has 0 saturated heterocycles. The molecule has 2 unspecified atom stereocenters. The summed E-state index contributed by atoms with van der Waals surface area (Å²) in [6.07, 6.45) is 7.32. The summed E-state index contributed by atoms with van der Waals surface area (Å²) in [5, 5.41) is 0. The second kappa shape index (κ2) is 6.83. The van der Waals surface area contributed by atoms with Gasteiger partial charge in [0.1, 0.15) is 0 Å². The number of hydrogen-bond donors (Lipinski definition) is 0. The van der Waals surface area contributed by atoms with Gasteiger partial charge >= 0.3 is 0 Å². The normalized spacial score (nSPS) is 29.2. The second-order valence-corrected chi connectivity index (χ2v) is 14.3. The predicted octanol–water partition coefficient (Wildman–Crippen LogP) is 6.03. The molecule has 0 bridgehead atoms. The van der Waals surface area contributed by atoms with E-state index < -0.39 is 8.32 Å². The Morgan fingerprint density at radius 2 is 1.65 bits per heavy atom. The summed E-state index contributed by atoms with van der Waals surface area (Å²) in [4.78, 5) is 11.9. The highest BCUT2D eigenvalue weighted by atomic mass is 28.4. The van der Waals surface area contributed by atoms with E-state index in [1.807, 2.05) is 6.08 Å². The first-order chi connectivity index (χ1) is 10.6. The molecule has 2 nitrogen and oxygen atoms in total. The smallest absolute Gasteiger partial charge is 0.200 e. The van der Waals surface area contributed by atoms with Crippen LogP contribution in [0.5, 0.6) is 0 Å². The average Bonchev–Trinajstić information content (AvgIpc) is 2.44. The van der Waals surface area contributed by atoms with Gasteiger partial charge in [-0.3, -0.25) is 4.79 Å². The monoisotopic (exact) mass is 336 g/mol. The van der Waals surface area contributed by atoms with Crippen LogP contribution in [0.1, 0.15) is 80.6 Å². The van der Waals surface area contributed by atoms with Crippen LogP contribution in [0.2, 0.25) is 16.6 Å². The van der Waals surface area contributed by atoms with Crippen LogP contribution in [-0.2, 0) is 9.22 Å². The minimum absolute atomic E-state index is 0.0864. The molecule has 0 heterocycles. The number of carbonyl (C=O) groups excluding carboxylic acids is 1. The number of carbonyl (C=O) groups is 1. The van der Waals surface area contributed by atoms with Crippen molar-refractivity contribution in [1.82, 2.24) is 0 Å². The van der Waals surface area contributed by atoms with Gasteiger partial charge in [0.2, 0.25) is 8.32 Å². The van der Waals surface area contributed by atoms with E-state index in [1.165, 1.54) is 5.57 Å². The molecule has 0 amide bonds. The lowest BCUT2D eigenvalue weighted by molar-refractivity contribution is -0.116.